The molecule has 1 amide bonds. The van der Waals surface area contributed by atoms with E-state index >= 15 is 0 Å². The number of aryl methyl sites for hydroxylation is 1. The predicted molar refractivity (Wildman–Crippen MR) is 98.7 cm³/mol. The van der Waals surface area contributed by atoms with Crippen LogP contribution < -0.4 is 9.62 Å². The van der Waals surface area contributed by atoms with Crippen LogP contribution in [0.4, 0.5) is 5.69 Å². The van der Waals surface area contributed by atoms with Crippen LogP contribution in [0.1, 0.15) is 24.6 Å². The molecule has 0 bridgehead atoms. The van der Waals surface area contributed by atoms with Gasteiger partial charge in [-0.05, 0) is 37.6 Å². The molecule has 25 heavy (non-hydrogen) atoms. The highest BCUT2D eigenvalue weighted by molar-refractivity contribution is 7.92. The topological polar surface area (TPSA) is 79.4 Å². The Kier molecular flexibility index (Phi) is 6.14. The molecule has 0 aliphatic rings. The van der Waals surface area contributed by atoms with Gasteiger partial charge in [-0.3, -0.25) is 14.1 Å². The van der Waals surface area contributed by atoms with Crippen molar-refractivity contribution in [2.24, 2.45) is 0 Å². The average molecular weight is 361 g/mol. The maximum absolute atomic E-state index is 12.6. The van der Waals surface area contributed by atoms with Gasteiger partial charge in [0.2, 0.25) is 15.9 Å². The fraction of sp³-hybridized carbons (Fsp3) is 0.333. The van der Waals surface area contributed by atoms with E-state index < -0.39 is 16.1 Å². The number of hydrogen-bond donors (Lipinski definition) is 1. The van der Waals surface area contributed by atoms with Crippen LogP contribution >= 0.6 is 0 Å². The number of sulfonamides is 1. The van der Waals surface area contributed by atoms with Gasteiger partial charge in [-0.15, -0.1) is 0 Å². The molecule has 2 aromatic rings. The van der Waals surface area contributed by atoms with Gasteiger partial charge in [-0.25, -0.2) is 8.42 Å². The Bertz CT molecular complexity index is 805. The van der Waals surface area contributed by atoms with E-state index in [0.29, 0.717) is 17.8 Å². The fourth-order valence-electron chi connectivity index (χ4n) is 2.55. The van der Waals surface area contributed by atoms with Gasteiger partial charge in [-0.1, -0.05) is 30.7 Å². The highest BCUT2D eigenvalue weighted by atomic mass is 32.2. The lowest BCUT2D eigenvalue weighted by Gasteiger charge is -2.30. The summed E-state index contributed by atoms with van der Waals surface area (Å²) in [6, 6.07) is 11.7. The Morgan fingerprint density at radius 3 is 2.40 bits per heavy atom. The van der Waals surface area contributed by atoms with E-state index in [-0.39, 0.29) is 12.5 Å². The van der Waals surface area contributed by atoms with Crippen molar-refractivity contribution in [1.29, 1.82) is 0 Å². The molecule has 2 rings (SSSR count). The number of amides is 1. The summed E-state index contributed by atoms with van der Waals surface area (Å²) < 4.78 is 25.8. The number of nitrogens with one attached hydrogen (secondary N) is 1. The molecule has 1 aromatic carbocycles. The summed E-state index contributed by atoms with van der Waals surface area (Å²) in [6.07, 6.45) is 3.12. The lowest BCUT2D eigenvalue weighted by molar-refractivity contribution is -0.122. The van der Waals surface area contributed by atoms with Crippen LogP contribution in [0.5, 0.6) is 0 Å². The second-order valence-corrected chi connectivity index (χ2v) is 7.72. The smallest absolute Gasteiger partial charge is 0.244 e. The highest BCUT2D eigenvalue weighted by Crippen LogP contribution is 2.23. The monoisotopic (exact) mass is 361 g/mol. The third-order valence-electron chi connectivity index (χ3n) is 3.79. The zero-order valence-corrected chi connectivity index (χ0v) is 15.5. The third-order valence-corrected chi connectivity index (χ3v) is 4.97. The van der Waals surface area contributed by atoms with Gasteiger partial charge in [0.05, 0.1) is 24.2 Å². The SMILES string of the molecule is CC[C@H](C(=O)NCc1ccccn1)N(c1ccc(C)cc1)S(C)(=O)=O. The Balaban J connectivity index is 2.23. The Morgan fingerprint density at radius 1 is 1.20 bits per heavy atom. The summed E-state index contributed by atoms with van der Waals surface area (Å²) >= 11 is 0. The Morgan fingerprint density at radius 2 is 1.88 bits per heavy atom. The largest absolute Gasteiger partial charge is 0.349 e. The minimum Gasteiger partial charge on any atom is -0.349 e. The molecule has 7 heteroatoms. The van der Waals surface area contributed by atoms with Crippen LogP contribution in [0.3, 0.4) is 0 Å². The van der Waals surface area contributed by atoms with Crippen LogP contribution in [0.2, 0.25) is 0 Å². The van der Waals surface area contributed by atoms with Gasteiger partial charge in [0.25, 0.3) is 0 Å². The normalized spacial score (nSPS) is 12.4. The van der Waals surface area contributed by atoms with Crippen molar-refractivity contribution in [2.75, 3.05) is 10.6 Å². The van der Waals surface area contributed by atoms with Gasteiger partial charge in [-0.2, -0.15) is 0 Å². The van der Waals surface area contributed by atoms with Gasteiger partial charge in [0.1, 0.15) is 6.04 Å². The zero-order chi connectivity index (χ0) is 18.4. The summed E-state index contributed by atoms with van der Waals surface area (Å²) in [6.45, 7) is 3.96. The van der Waals surface area contributed by atoms with Crippen molar-refractivity contribution in [3.8, 4) is 0 Å². The predicted octanol–water partition coefficient (Wildman–Crippen LogP) is 2.25. The second-order valence-electron chi connectivity index (χ2n) is 5.86. The van der Waals surface area contributed by atoms with Gasteiger partial charge < -0.3 is 5.32 Å². The summed E-state index contributed by atoms with van der Waals surface area (Å²) in [5.74, 6) is -0.348. The van der Waals surface area contributed by atoms with E-state index in [4.69, 9.17) is 0 Å². The van der Waals surface area contributed by atoms with Gasteiger partial charge in [0.15, 0.2) is 0 Å². The van der Waals surface area contributed by atoms with Crippen molar-refractivity contribution in [3.63, 3.8) is 0 Å². The molecule has 0 fully saturated rings. The molecule has 0 saturated heterocycles. The van der Waals surface area contributed by atoms with Crippen molar-refractivity contribution >= 4 is 21.6 Å². The quantitative estimate of drug-likeness (QED) is 0.820. The molecule has 1 heterocycles. The van der Waals surface area contributed by atoms with E-state index in [1.54, 1.807) is 37.4 Å². The third kappa shape index (κ3) is 5.03. The van der Waals surface area contributed by atoms with Crippen molar-refractivity contribution in [3.05, 3.63) is 59.9 Å². The zero-order valence-electron chi connectivity index (χ0n) is 14.6. The molecular formula is C18H23N3O3S. The van der Waals surface area contributed by atoms with Crippen LogP contribution in [0, 0.1) is 6.92 Å². The number of carbonyl (C=O) groups is 1. The maximum Gasteiger partial charge on any atom is 0.244 e. The van der Waals surface area contributed by atoms with E-state index in [1.807, 2.05) is 25.1 Å². The number of aromatic nitrogens is 1. The molecule has 134 valence electrons. The van der Waals surface area contributed by atoms with Crippen molar-refractivity contribution in [1.82, 2.24) is 10.3 Å². The number of pyridine rings is 1. The fourth-order valence-corrected chi connectivity index (χ4v) is 3.76. The molecule has 1 N–H and O–H groups in total. The number of rotatable bonds is 7. The van der Waals surface area contributed by atoms with Crippen LogP contribution in [0.25, 0.3) is 0 Å². The number of nitrogens with zero attached hydrogens (tertiary/aromatic N) is 2. The molecule has 0 radical (unpaired) electrons. The molecule has 1 aromatic heterocycles. The molecule has 1 atom stereocenters. The molecular weight excluding hydrogens is 338 g/mol. The van der Waals surface area contributed by atoms with E-state index in [2.05, 4.69) is 10.3 Å². The maximum atomic E-state index is 12.6. The summed E-state index contributed by atoms with van der Waals surface area (Å²) in [4.78, 5) is 16.8. The highest BCUT2D eigenvalue weighted by Gasteiger charge is 2.31. The number of benzene rings is 1. The summed E-state index contributed by atoms with van der Waals surface area (Å²) in [7, 11) is -3.61. The molecule has 0 aliphatic heterocycles. The Labute approximate surface area is 148 Å². The van der Waals surface area contributed by atoms with Crippen LogP contribution in [0.15, 0.2) is 48.7 Å². The first kappa shape index (κ1) is 18.9. The molecule has 0 unspecified atom stereocenters. The lowest BCUT2D eigenvalue weighted by atomic mass is 10.1. The molecule has 0 aliphatic carbocycles. The first-order valence-electron chi connectivity index (χ1n) is 8.06. The van der Waals surface area contributed by atoms with E-state index in [9.17, 15) is 13.2 Å². The minimum atomic E-state index is -3.61. The summed E-state index contributed by atoms with van der Waals surface area (Å²) in [5, 5.41) is 2.78. The Hall–Kier alpha value is -2.41. The van der Waals surface area contributed by atoms with Gasteiger partial charge >= 0.3 is 0 Å². The van der Waals surface area contributed by atoms with Crippen LogP contribution in [-0.2, 0) is 21.4 Å². The standard InChI is InChI=1S/C18H23N3O3S/c1-4-17(18(22)20-13-15-7-5-6-12-19-15)21(25(3,23)24)16-10-8-14(2)9-11-16/h5-12,17H,4,13H2,1-3H3,(H,20,22)/t17-/m1/s1. The lowest BCUT2D eigenvalue weighted by Crippen LogP contribution is -2.49. The van der Waals surface area contributed by atoms with Gasteiger partial charge in [0, 0.05) is 6.20 Å². The van der Waals surface area contributed by atoms with Crippen molar-refractivity contribution < 1.29 is 13.2 Å². The first-order valence-corrected chi connectivity index (χ1v) is 9.91. The number of hydrogen-bond acceptors (Lipinski definition) is 4. The van der Waals surface area contributed by atoms with E-state index in [0.717, 1.165) is 11.8 Å². The average Bonchev–Trinajstić information content (AvgIpc) is 2.58. The number of carbonyl (C=O) groups excluding carboxylic acids is 1. The summed E-state index contributed by atoms with van der Waals surface area (Å²) in [5.41, 5.74) is 2.21. The molecule has 0 saturated carbocycles. The second kappa shape index (κ2) is 8.11. The minimum absolute atomic E-state index is 0.252. The molecule has 0 spiro atoms. The van der Waals surface area contributed by atoms with Crippen molar-refractivity contribution in [2.45, 2.75) is 32.9 Å². The van der Waals surface area contributed by atoms with Crippen LogP contribution in [-0.4, -0.2) is 31.6 Å². The first-order chi connectivity index (χ1) is 11.8. The number of anilines is 1. The molecule has 6 nitrogen and oxygen atoms in total. The van der Waals surface area contributed by atoms with E-state index in [1.165, 1.54) is 4.31 Å².